The second kappa shape index (κ2) is 8.24. The Kier molecular flexibility index (Phi) is 5.36. The lowest BCUT2D eigenvalue weighted by molar-refractivity contribution is -0.0819. The minimum Gasteiger partial charge on any atom is -0.376 e. The number of halogens is 1. The van der Waals surface area contributed by atoms with Crippen LogP contribution in [0.25, 0.3) is 11.5 Å². The average molecular weight is 370 g/mol. The molecule has 1 aliphatic heterocycles. The first kappa shape index (κ1) is 17.6. The van der Waals surface area contributed by atoms with Gasteiger partial charge in [0.15, 0.2) is 5.82 Å². The molecule has 0 bridgehead atoms. The van der Waals surface area contributed by atoms with Crippen LogP contribution in [0.5, 0.6) is 0 Å². The Bertz CT molecular complexity index is 861. The Morgan fingerprint density at radius 1 is 1.11 bits per heavy atom. The summed E-state index contributed by atoms with van der Waals surface area (Å²) in [4.78, 5) is 8.74. The number of ether oxygens (including phenoxy) is 2. The van der Waals surface area contributed by atoms with Crippen molar-refractivity contribution in [3.05, 3.63) is 59.8 Å². The molecule has 1 N–H and O–H groups in total. The third-order valence-electron chi connectivity index (χ3n) is 4.15. The Labute approximate surface area is 155 Å². The molecule has 27 heavy (non-hydrogen) atoms. The molecule has 3 aromatic rings. The van der Waals surface area contributed by atoms with Crippen LogP contribution in [0.1, 0.15) is 11.4 Å². The lowest BCUT2D eigenvalue weighted by Crippen LogP contribution is -2.34. The minimum absolute atomic E-state index is 0.0326. The zero-order valence-corrected chi connectivity index (χ0v) is 14.6. The van der Waals surface area contributed by atoms with E-state index in [1.54, 1.807) is 18.3 Å². The van der Waals surface area contributed by atoms with Crippen molar-refractivity contribution < 1.29 is 18.4 Å². The van der Waals surface area contributed by atoms with Gasteiger partial charge < -0.3 is 19.3 Å². The van der Waals surface area contributed by atoms with Gasteiger partial charge in [-0.25, -0.2) is 9.37 Å². The maximum absolute atomic E-state index is 13.0. The van der Waals surface area contributed by atoms with Crippen LogP contribution < -0.4 is 5.32 Å². The van der Waals surface area contributed by atoms with E-state index in [0.717, 1.165) is 16.9 Å². The van der Waals surface area contributed by atoms with Crippen molar-refractivity contribution in [3.63, 3.8) is 0 Å². The van der Waals surface area contributed by atoms with Gasteiger partial charge in [-0.3, -0.25) is 0 Å². The van der Waals surface area contributed by atoms with Crippen molar-refractivity contribution in [3.8, 4) is 11.5 Å². The molecule has 1 saturated heterocycles. The Hall–Kier alpha value is -2.84. The molecular formula is C19H19FN4O3. The smallest absolute Gasteiger partial charge is 0.259 e. The highest BCUT2D eigenvalue weighted by atomic mass is 19.1. The SMILES string of the molecule is Fc1ccc(Cc2noc(-c3ccc(NCC4COCCO4)nc3)n2)cc1. The van der Waals surface area contributed by atoms with Gasteiger partial charge in [0, 0.05) is 19.2 Å². The molecule has 7 nitrogen and oxygen atoms in total. The highest BCUT2D eigenvalue weighted by Gasteiger charge is 2.14. The van der Waals surface area contributed by atoms with E-state index in [4.69, 9.17) is 14.0 Å². The molecule has 8 heteroatoms. The first-order valence-corrected chi connectivity index (χ1v) is 8.73. The van der Waals surface area contributed by atoms with Crippen LogP contribution in [0.3, 0.4) is 0 Å². The van der Waals surface area contributed by atoms with Crippen molar-refractivity contribution in [2.24, 2.45) is 0 Å². The van der Waals surface area contributed by atoms with Gasteiger partial charge >= 0.3 is 0 Å². The van der Waals surface area contributed by atoms with Crippen LogP contribution in [-0.4, -0.2) is 47.6 Å². The van der Waals surface area contributed by atoms with Gasteiger partial charge in [0.05, 0.1) is 31.5 Å². The average Bonchev–Trinajstić information content (AvgIpc) is 3.18. The van der Waals surface area contributed by atoms with Gasteiger partial charge in [0.25, 0.3) is 5.89 Å². The number of nitrogens with zero attached hydrogens (tertiary/aromatic N) is 3. The number of rotatable bonds is 6. The van der Waals surface area contributed by atoms with Gasteiger partial charge in [-0.2, -0.15) is 4.98 Å². The molecule has 0 radical (unpaired) electrons. The Balaban J connectivity index is 1.36. The molecule has 0 saturated carbocycles. The van der Waals surface area contributed by atoms with Crippen LogP contribution in [0.4, 0.5) is 10.2 Å². The molecule has 4 rings (SSSR count). The molecule has 0 spiro atoms. The second-order valence-electron chi connectivity index (χ2n) is 6.20. The number of pyridine rings is 1. The molecule has 1 atom stereocenters. The molecule has 1 aliphatic rings. The summed E-state index contributed by atoms with van der Waals surface area (Å²) >= 11 is 0. The molecule has 2 aromatic heterocycles. The number of hydrogen-bond donors (Lipinski definition) is 1. The van der Waals surface area contributed by atoms with E-state index in [1.165, 1.54) is 12.1 Å². The van der Waals surface area contributed by atoms with Crippen molar-refractivity contribution in [2.75, 3.05) is 31.7 Å². The first-order valence-electron chi connectivity index (χ1n) is 8.73. The monoisotopic (exact) mass is 370 g/mol. The lowest BCUT2D eigenvalue weighted by Gasteiger charge is -2.23. The molecule has 3 heterocycles. The minimum atomic E-state index is -0.269. The topological polar surface area (TPSA) is 82.3 Å². The van der Waals surface area contributed by atoms with Crippen LogP contribution in [0.2, 0.25) is 0 Å². The van der Waals surface area contributed by atoms with E-state index >= 15 is 0 Å². The second-order valence-corrected chi connectivity index (χ2v) is 6.20. The third kappa shape index (κ3) is 4.66. The highest BCUT2D eigenvalue weighted by molar-refractivity contribution is 5.54. The molecule has 0 aliphatic carbocycles. The summed E-state index contributed by atoms with van der Waals surface area (Å²) in [5, 5.41) is 7.20. The summed E-state index contributed by atoms with van der Waals surface area (Å²) in [6.45, 7) is 2.49. The maximum atomic E-state index is 13.0. The number of benzene rings is 1. The number of nitrogens with one attached hydrogen (secondary N) is 1. The predicted molar refractivity (Wildman–Crippen MR) is 95.8 cm³/mol. The van der Waals surface area contributed by atoms with Crippen LogP contribution in [-0.2, 0) is 15.9 Å². The zero-order valence-electron chi connectivity index (χ0n) is 14.6. The maximum Gasteiger partial charge on any atom is 0.259 e. The van der Waals surface area contributed by atoms with E-state index in [2.05, 4.69) is 20.4 Å². The van der Waals surface area contributed by atoms with Gasteiger partial charge in [0.2, 0.25) is 0 Å². The Morgan fingerprint density at radius 3 is 2.74 bits per heavy atom. The van der Waals surface area contributed by atoms with E-state index in [9.17, 15) is 4.39 Å². The fraction of sp³-hybridized carbons (Fsp3) is 0.316. The van der Waals surface area contributed by atoms with E-state index in [-0.39, 0.29) is 11.9 Å². The van der Waals surface area contributed by atoms with E-state index in [1.807, 2.05) is 12.1 Å². The molecule has 1 unspecified atom stereocenters. The normalized spacial score (nSPS) is 17.0. The van der Waals surface area contributed by atoms with Crippen molar-refractivity contribution in [2.45, 2.75) is 12.5 Å². The summed E-state index contributed by atoms with van der Waals surface area (Å²) in [7, 11) is 0. The van der Waals surface area contributed by atoms with E-state index < -0.39 is 0 Å². The number of aromatic nitrogens is 3. The van der Waals surface area contributed by atoms with Gasteiger partial charge in [0.1, 0.15) is 11.6 Å². The summed E-state index contributed by atoms with van der Waals surface area (Å²) in [5.41, 5.74) is 1.64. The standard InChI is InChI=1S/C19H19FN4O3/c20-15-4-1-13(2-5-15)9-18-23-19(27-24-18)14-3-6-17(21-10-14)22-11-16-12-25-7-8-26-16/h1-6,10,16H,7-9,11-12H2,(H,21,22). The van der Waals surface area contributed by atoms with Crippen LogP contribution >= 0.6 is 0 Å². The fourth-order valence-electron chi connectivity index (χ4n) is 2.73. The van der Waals surface area contributed by atoms with Gasteiger partial charge in [-0.1, -0.05) is 17.3 Å². The van der Waals surface area contributed by atoms with E-state index in [0.29, 0.717) is 44.5 Å². The number of hydrogen-bond acceptors (Lipinski definition) is 7. The van der Waals surface area contributed by atoms with Gasteiger partial charge in [-0.05, 0) is 29.8 Å². The summed E-state index contributed by atoms with van der Waals surface area (Å²) in [6.07, 6.45) is 2.18. The van der Waals surface area contributed by atoms with Gasteiger partial charge in [-0.15, -0.1) is 0 Å². The lowest BCUT2D eigenvalue weighted by atomic mass is 10.1. The zero-order chi connectivity index (χ0) is 18.5. The predicted octanol–water partition coefficient (Wildman–Crippen LogP) is 2.69. The van der Waals surface area contributed by atoms with Crippen molar-refractivity contribution >= 4 is 5.82 Å². The third-order valence-corrected chi connectivity index (χ3v) is 4.15. The molecule has 1 fully saturated rings. The van der Waals surface area contributed by atoms with Crippen LogP contribution in [0.15, 0.2) is 47.1 Å². The summed E-state index contributed by atoms with van der Waals surface area (Å²) in [5.74, 6) is 1.40. The fourth-order valence-corrected chi connectivity index (χ4v) is 2.73. The molecule has 140 valence electrons. The van der Waals surface area contributed by atoms with Crippen molar-refractivity contribution in [1.29, 1.82) is 0 Å². The Morgan fingerprint density at radius 2 is 2.00 bits per heavy atom. The summed E-state index contributed by atoms with van der Waals surface area (Å²) < 4.78 is 29.2. The summed E-state index contributed by atoms with van der Waals surface area (Å²) in [6, 6.07) is 9.95. The molecule has 0 amide bonds. The highest BCUT2D eigenvalue weighted by Crippen LogP contribution is 2.19. The molecular weight excluding hydrogens is 351 g/mol. The first-order chi connectivity index (χ1) is 13.3. The quantitative estimate of drug-likeness (QED) is 0.714. The molecule has 1 aromatic carbocycles. The van der Waals surface area contributed by atoms with Crippen molar-refractivity contribution in [1.82, 2.24) is 15.1 Å². The number of anilines is 1. The largest absolute Gasteiger partial charge is 0.376 e. The van der Waals surface area contributed by atoms with Crippen LogP contribution in [0, 0.1) is 5.82 Å².